The highest BCUT2D eigenvalue weighted by atomic mass is 16.1. The molecule has 2 bridgehead atoms. The van der Waals surface area contributed by atoms with E-state index in [9.17, 15) is 4.79 Å². The highest BCUT2D eigenvalue weighted by molar-refractivity contribution is 5.98. The predicted octanol–water partition coefficient (Wildman–Crippen LogP) is 0.947. The standard InChI is InChI=1S/C14H20N4O/c1-8-2-5-12(13(16)19)14(17-8)18-10-3-4-11(18)7-9(15)6-10/h2,5,9-11H,3-4,6-7,15H2,1H3,(H2,16,19). The third kappa shape index (κ3) is 2.08. The lowest BCUT2D eigenvalue weighted by Gasteiger charge is -2.39. The van der Waals surface area contributed by atoms with Crippen molar-refractivity contribution in [2.24, 2.45) is 11.5 Å². The molecule has 102 valence electrons. The lowest BCUT2D eigenvalue weighted by Crippen LogP contribution is -2.48. The van der Waals surface area contributed by atoms with Gasteiger partial charge < -0.3 is 16.4 Å². The number of pyridine rings is 1. The number of fused-ring (bicyclic) bond motifs is 2. The zero-order valence-corrected chi connectivity index (χ0v) is 11.2. The number of piperidine rings is 1. The molecule has 0 radical (unpaired) electrons. The fraction of sp³-hybridized carbons (Fsp3) is 0.571. The Morgan fingerprint density at radius 3 is 2.53 bits per heavy atom. The first-order chi connectivity index (χ1) is 9.06. The molecular formula is C14H20N4O. The maximum Gasteiger partial charge on any atom is 0.252 e. The van der Waals surface area contributed by atoms with Crippen LogP contribution in [0.2, 0.25) is 0 Å². The van der Waals surface area contributed by atoms with E-state index in [-0.39, 0.29) is 6.04 Å². The Morgan fingerprint density at radius 1 is 1.32 bits per heavy atom. The van der Waals surface area contributed by atoms with Crippen molar-refractivity contribution in [2.45, 2.75) is 50.7 Å². The Kier molecular flexibility index (Phi) is 2.93. The van der Waals surface area contributed by atoms with E-state index >= 15 is 0 Å². The fourth-order valence-electron chi connectivity index (χ4n) is 3.50. The molecule has 5 heteroatoms. The van der Waals surface area contributed by atoms with E-state index in [0.29, 0.717) is 17.6 Å². The molecule has 3 heterocycles. The number of anilines is 1. The monoisotopic (exact) mass is 260 g/mol. The van der Waals surface area contributed by atoms with Gasteiger partial charge in [-0.25, -0.2) is 4.98 Å². The Balaban J connectivity index is 2.03. The number of hydrogen-bond acceptors (Lipinski definition) is 4. The van der Waals surface area contributed by atoms with E-state index in [1.165, 1.54) is 0 Å². The lowest BCUT2D eigenvalue weighted by atomic mass is 9.97. The molecule has 1 aromatic heterocycles. The van der Waals surface area contributed by atoms with Crippen molar-refractivity contribution < 1.29 is 4.79 Å². The van der Waals surface area contributed by atoms with Gasteiger partial charge in [0.05, 0.1) is 5.56 Å². The molecule has 3 rings (SSSR count). The quantitative estimate of drug-likeness (QED) is 0.829. The predicted molar refractivity (Wildman–Crippen MR) is 74.0 cm³/mol. The number of carbonyl (C=O) groups excluding carboxylic acids is 1. The molecule has 0 aliphatic carbocycles. The SMILES string of the molecule is Cc1ccc(C(N)=O)c(N2C3CCC2CC(N)C3)n1. The Bertz CT molecular complexity index is 502. The van der Waals surface area contributed by atoms with E-state index in [1.807, 2.05) is 13.0 Å². The van der Waals surface area contributed by atoms with Gasteiger partial charge in [-0.1, -0.05) is 0 Å². The second-order valence-electron chi connectivity index (χ2n) is 5.71. The largest absolute Gasteiger partial charge is 0.365 e. The summed E-state index contributed by atoms with van der Waals surface area (Å²) in [6.45, 7) is 1.94. The lowest BCUT2D eigenvalue weighted by molar-refractivity contribution is 0.100. The summed E-state index contributed by atoms with van der Waals surface area (Å²) in [5.74, 6) is 0.351. The topological polar surface area (TPSA) is 85.2 Å². The van der Waals surface area contributed by atoms with E-state index < -0.39 is 5.91 Å². The molecule has 19 heavy (non-hydrogen) atoms. The van der Waals surface area contributed by atoms with Gasteiger partial charge in [-0.2, -0.15) is 0 Å². The summed E-state index contributed by atoms with van der Waals surface area (Å²) in [7, 11) is 0. The van der Waals surface area contributed by atoms with E-state index in [4.69, 9.17) is 11.5 Å². The van der Waals surface area contributed by atoms with Crippen molar-refractivity contribution >= 4 is 11.7 Å². The van der Waals surface area contributed by atoms with Gasteiger partial charge in [-0.3, -0.25) is 4.79 Å². The van der Waals surface area contributed by atoms with Gasteiger partial charge in [-0.05, 0) is 44.7 Å². The average Bonchev–Trinajstić information content (AvgIpc) is 2.61. The van der Waals surface area contributed by atoms with Crippen LogP contribution in [-0.2, 0) is 0 Å². The van der Waals surface area contributed by atoms with Crippen LogP contribution in [0.3, 0.4) is 0 Å². The first kappa shape index (κ1) is 12.4. The van der Waals surface area contributed by atoms with Crippen LogP contribution in [0.15, 0.2) is 12.1 Å². The van der Waals surface area contributed by atoms with Crippen molar-refractivity contribution in [2.75, 3.05) is 4.90 Å². The first-order valence-corrected chi connectivity index (χ1v) is 6.87. The number of amides is 1. The number of rotatable bonds is 2. The van der Waals surface area contributed by atoms with Crippen LogP contribution in [0.25, 0.3) is 0 Å². The van der Waals surface area contributed by atoms with Crippen LogP contribution in [0.5, 0.6) is 0 Å². The van der Waals surface area contributed by atoms with E-state index in [1.54, 1.807) is 6.07 Å². The second-order valence-corrected chi connectivity index (χ2v) is 5.71. The van der Waals surface area contributed by atoms with E-state index in [0.717, 1.165) is 37.2 Å². The molecule has 0 saturated carbocycles. The Labute approximate surface area is 113 Å². The number of carbonyl (C=O) groups is 1. The van der Waals surface area contributed by atoms with Crippen LogP contribution in [0, 0.1) is 6.92 Å². The van der Waals surface area contributed by atoms with Gasteiger partial charge in [0.1, 0.15) is 5.82 Å². The molecule has 2 aliphatic heterocycles. The molecule has 2 fully saturated rings. The summed E-state index contributed by atoms with van der Waals surface area (Å²) in [5, 5.41) is 0. The number of nitrogens with zero attached hydrogens (tertiary/aromatic N) is 2. The van der Waals surface area contributed by atoms with Gasteiger partial charge in [0.25, 0.3) is 5.91 Å². The molecule has 2 saturated heterocycles. The molecule has 0 aromatic carbocycles. The Morgan fingerprint density at radius 2 is 1.95 bits per heavy atom. The summed E-state index contributed by atoms with van der Waals surface area (Å²) < 4.78 is 0. The van der Waals surface area contributed by atoms with Crippen LogP contribution in [0.1, 0.15) is 41.7 Å². The van der Waals surface area contributed by atoms with Crippen molar-refractivity contribution in [1.82, 2.24) is 4.98 Å². The van der Waals surface area contributed by atoms with Gasteiger partial charge in [0.15, 0.2) is 0 Å². The molecule has 2 aliphatic rings. The number of hydrogen-bond donors (Lipinski definition) is 2. The third-order valence-corrected chi connectivity index (χ3v) is 4.29. The molecule has 2 atom stereocenters. The molecule has 0 spiro atoms. The second kappa shape index (κ2) is 4.49. The van der Waals surface area contributed by atoms with Gasteiger partial charge in [0.2, 0.25) is 0 Å². The molecule has 1 amide bonds. The smallest absolute Gasteiger partial charge is 0.252 e. The number of aromatic nitrogens is 1. The fourth-order valence-corrected chi connectivity index (χ4v) is 3.50. The maximum atomic E-state index is 11.6. The van der Waals surface area contributed by atoms with Crippen molar-refractivity contribution in [3.8, 4) is 0 Å². The molecule has 5 nitrogen and oxygen atoms in total. The molecular weight excluding hydrogens is 240 g/mol. The average molecular weight is 260 g/mol. The maximum absolute atomic E-state index is 11.6. The van der Waals surface area contributed by atoms with Crippen LogP contribution >= 0.6 is 0 Å². The van der Waals surface area contributed by atoms with E-state index in [2.05, 4.69) is 9.88 Å². The van der Waals surface area contributed by atoms with Crippen molar-refractivity contribution in [3.63, 3.8) is 0 Å². The van der Waals surface area contributed by atoms with Crippen molar-refractivity contribution in [3.05, 3.63) is 23.4 Å². The third-order valence-electron chi connectivity index (χ3n) is 4.29. The van der Waals surface area contributed by atoms with Crippen molar-refractivity contribution in [1.29, 1.82) is 0 Å². The highest BCUT2D eigenvalue weighted by Crippen LogP contribution is 2.39. The molecule has 1 aromatic rings. The summed E-state index contributed by atoms with van der Waals surface area (Å²) in [6, 6.07) is 4.70. The highest BCUT2D eigenvalue weighted by Gasteiger charge is 2.41. The minimum Gasteiger partial charge on any atom is -0.365 e. The van der Waals surface area contributed by atoms with Crippen LogP contribution in [-0.4, -0.2) is 29.0 Å². The van der Waals surface area contributed by atoms with Gasteiger partial charge in [0, 0.05) is 23.8 Å². The Hall–Kier alpha value is -1.62. The summed E-state index contributed by atoms with van der Waals surface area (Å²) in [4.78, 5) is 18.5. The minimum absolute atomic E-state index is 0.274. The normalized spacial score (nSPS) is 29.6. The molecule has 2 unspecified atom stereocenters. The summed E-state index contributed by atoms with van der Waals surface area (Å²) in [5.41, 5.74) is 13.0. The number of aryl methyl sites for hydroxylation is 1. The molecule has 4 N–H and O–H groups in total. The number of nitrogens with two attached hydrogens (primary N) is 2. The van der Waals surface area contributed by atoms with Gasteiger partial charge >= 0.3 is 0 Å². The zero-order chi connectivity index (χ0) is 13.6. The first-order valence-electron chi connectivity index (χ1n) is 6.87. The summed E-state index contributed by atoms with van der Waals surface area (Å²) >= 11 is 0. The zero-order valence-electron chi connectivity index (χ0n) is 11.2. The summed E-state index contributed by atoms with van der Waals surface area (Å²) in [6.07, 6.45) is 4.22. The number of primary amides is 1. The minimum atomic E-state index is -0.406. The van der Waals surface area contributed by atoms with Crippen LogP contribution in [0.4, 0.5) is 5.82 Å². The van der Waals surface area contributed by atoms with Gasteiger partial charge in [-0.15, -0.1) is 0 Å². The van der Waals surface area contributed by atoms with Crippen LogP contribution < -0.4 is 16.4 Å².